The first-order chi connectivity index (χ1) is 5.83. The van der Waals surface area contributed by atoms with E-state index in [-0.39, 0.29) is 18.4 Å². The summed E-state index contributed by atoms with van der Waals surface area (Å²) in [5.74, 6) is -0.0839. The number of halogens is 1. The highest BCUT2D eigenvalue weighted by Crippen LogP contribution is 2.07. The van der Waals surface area contributed by atoms with Gasteiger partial charge in [0.2, 0.25) is 0 Å². The van der Waals surface area contributed by atoms with Gasteiger partial charge in [0.05, 0.1) is 13.2 Å². The third kappa shape index (κ3) is 5.11. The van der Waals surface area contributed by atoms with Crippen molar-refractivity contribution in [3.8, 4) is 0 Å². The summed E-state index contributed by atoms with van der Waals surface area (Å²) in [5, 5.41) is 0. The number of carbonyl (C=O) groups is 1. The van der Waals surface area contributed by atoms with E-state index in [0.29, 0.717) is 13.2 Å². The number of nitrogens with zero attached hydrogens (tertiary/aromatic N) is 1. The topological polar surface area (TPSA) is 29.5 Å². The Balaban J connectivity index is 0.00000144. The van der Waals surface area contributed by atoms with E-state index < -0.39 is 0 Å². The minimum atomic E-state index is -0.0839. The summed E-state index contributed by atoms with van der Waals surface area (Å²) in [4.78, 5) is 13.2. The summed E-state index contributed by atoms with van der Waals surface area (Å²) < 4.78 is 4.86. The molecule has 78 valence electrons. The van der Waals surface area contributed by atoms with E-state index in [4.69, 9.17) is 4.74 Å². The molecule has 0 radical (unpaired) electrons. The van der Waals surface area contributed by atoms with Crippen molar-refractivity contribution in [2.75, 3.05) is 26.2 Å². The summed E-state index contributed by atoms with van der Waals surface area (Å²) in [7, 11) is 0. The Morgan fingerprint density at radius 1 is 1.31 bits per heavy atom. The molecule has 1 fully saturated rings. The van der Waals surface area contributed by atoms with Gasteiger partial charge in [0.15, 0.2) is 0 Å². The number of hydrogen-bond acceptors (Lipinski definition) is 3. The maximum atomic E-state index is 11.0. The van der Waals surface area contributed by atoms with Gasteiger partial charge in [0.25, 0.3) is 0 Å². The highest BCUT2D eigenvalue weighted by Gasteiger charge is 2.13. The van der Waals surface area contributed by atoms with Crippen LogP contribution in [0.15, 0.2) is 0 Å². The fourth-order valence-electron chi connectivity index (χ4n) is 1.51. The van der Waals surface area contributed by atoms with E-state index in [1.807, 2.05) is 6.92 Å². The molecular weight excluding hydrogens is 190 g/mol. The molecule has 0 aromatic heterocycles. The molecule has 0 atom stereocenters. The predicted molar refractivity (Wildman–Crippen MR) is 54.2 cm³/mol. The lowest BCUT2D eigenvalue weighted by Gasteiger charge is -2.24. The minimum Gasteiger partial charge on any atom is -0.465 e. The average Bonchev–Trinajstić information content (AvgIpc) is 2.06. The van der Waals surface area contributed by atoms with Crippen molar-refractivity contribution in [2.45, 2.75) is 26.2 Å². The van der Waals surface area contributed by atoms with Crippen LogP contribution in [0.5, 0.6) is 0 Å². The van der Waals surface area contributed by atoms with Gasteiger partial charge in [0, 0.05) is 0 Å². The van der Waals surface area contributed by atoms with Crippen LogP contribution in [0.2, 0.25) is 0 Å². The Bertz CT molecular complexity index is 147. The van der Waals surface area contributed by atoms with Crippen LogP contribution in [0.3, 0.4) is 0 Å². The van der Waals surface area contributed by atoms with E-state index in [2.05, 4.69) is 4.90 Å². The van der Waals surface area contributed by atoms with Gasteiger partial charge in [-0.15, -0.1) is 12.4 Å². The third-order valence-electron chi connectivity index (χ3n) is 2.11. The lowest BCUT2D eigenvalue weighted by molar-refractivity contribution is -0.144. The molecule has 0 spiro atoms. The zero-order valence-corrected chi connectivity index (χ0v) is 8.94. The number of ether oxygens (including phenoxy) is 1. The van der Waals surface area contributed by atoms with Gasteiger partial charge >= 0.3 is 5.97 Å². The van der Waals surface area contributed by atoms with Gasteiger partial charge in [-0.1, -0.05) is 6.42 Å². The van der Waals surface area contributed by atoms with Gasteiger partial charge in [0.1, 0.15) is 0 Å². The second-order valence-corrected chi connectivity index (χ2v) is 3.14. The monoisotopic (exact) mass is 207 g/mol. The molecule has 1 saturated heterocycles. The number of hydrogen-bond donors (Lipinski definition) is 0. The quantitative estimate of drug-likeness (QED) is 0.657. The van der Waals surface area contributed by atoms with Crippen LogP contribution in [0, 0.1) is 0 Å². The maximum Gasteiger partial charge on any atom is 0.320 e. The van der Waals surface area contributed by atoms with Crippen molar-refractivity contribution in [3.63, 3.8) is 0 Å². The number of likely N-dealkylation sites (tertiary alicyclic amines) is 1. The molecule has 1 aliphatic heterocycles. The molecule has 0 saturated carbocycles. The Hall–Kier alpha value is -0.280. The van der Waals surface area contributed by atoms with Crippen LogP contribution < -0.4 is 0 Å². The first-order valence-corrected chi connectivity index (χ1v) is 4.71. The molecule has 1 aliphatic rings. The zero-order chi connectivity index (χ0) is 8.81. The lowest BCUT2D eigenvalue weighted by atomic mass is 10.1. The molecule has 0 aromatic rings. The van der Waals surface area contributed by atoms with E-state index >= 15 is 0 Å². The van der Waals surface area contributed by atoms with Crippen LogP contribution in [-0.4, -0.2) is 37.1 Å². The van der Waals surface area contributed by atoms with Crippen molar-refractivity contribution < 1.29 is 9.53 Å². The summed E-state index contributed by atoms with van der Waals surface area (Å²) in [6.07, 6.45) is 3.75. The van der Waals surface area contributed by atoms with Crippen LogP contribution in [-0.2, 0) is 9.53 Å². The van der Waals surface area contributed by atoms with Crippen molar-refractivity contribution in [1.82, 2.24) is 4.90 Å². The minimum absolute atomic E-state index is 0. The summed E-state index contributed by atoms with van der Waals surface area (Å²) in [6.45, 7) is 4.92. The molecule has 1 heterocycles. The van der Waals surface area contributed by atoms with E-state index in [0.717, 1.165) is 13.1 Å². The molecule has 0 aromatic carbocycles. The smallest absolute Gasteiger partial charge is 0.320 e. The van der Waals surface area contributed by atoms with Gasteiger partial charge in [-0.2, -0.15) is 0 Å². The molecule has 0 unspecified atom stereocenters. The molecule has 0 bridgehead atoms. The fraction of sp³-hybridized carbons (Fsp3) is 0.889. The second-order valence-electron chi connectivity index (χ2n) is 3.14. The van der Waals surface area contributed by atoms with Crippen molar-refractivity contribution in [1.29, 1.82) is 0 Å². The molecular formula is C9H18ClNO2. The van der Waals surface area contributed by atoms with E-state index in [9.17, 15) is 4.79 Å². The van der Waals surface area contributed by atoms with Crippen molar-refractivity contribution in [3.05, 3.63) is 0 Å². The average molecular weight is 208 g/mol. The number of carbonyl (C=O) groups excluding carboxylic acids is 1. The summed E-state index contributed by atoms with van der Waals surface area (Å²) in [5.41, 5.74) is 0. The second kappa shape index (κ2) is 7.15. The maximum absolute atomic E-state index is 11.0. The van der Waals surface area contributed by atoms with Crippen molar-refractivity contribution >= 4 is 18.4 Å². The third-order valence-corrected chi connectivity index (χ3v) is 2.11. The largest absolute Gasteiger partial charge is 0.465 e. The molecule has 4 heteroatoms. The van der Waals surface area contributed by atoms with Gasteiger partial charge in [-0.25, -0.2) is 0 Å². The predicted octanol–water partition coefficient (Wildman–Crippen LogP) is 1.46. The molecule has 0 N–H and O–H groups in total. The van der Waals surface area contributed by atoms with E-state index in [1.165, 1.54) is 19.3 Å². The molecule has 0 amide bonds. The number of rotatable bonds is 3. The first kappa shape index (κ1) is 12.7. The lowest BCUT2D eigenvalue weighted by Crippen LogP contribution is -2.35. The van der Waals surface area contributed by atoms with Crippen molar-refractivity contribution in [2.24, 2.45) is 0 Å². The molecule has 3 nitrogen and oxygen atoms in total. The molecule has 1 rings (SSSR count). The Labute approximate surface area is 85.8 Å². The number of esters is 1. The summed E-state index contributed by atoms with van der Waals surface area (Å²) in [6, 6.07) is 0. The van der Waals surface area contributed by atoms with Crippen LogP contribution in [0.4, 0.5) is 0 Å². The standard InChI is InChI=1S/C9H17NO2.ClH/c1-2-12-9(11)8-10-6-4-3-5-7-10;/h2-8H2,1H3;1H. The van der Waals surface area contributed by atoms with Crippen LogP contribution >= 0.6 is 12.4 Å². The Morgan fingerprint density at radius 2 is 1.92 bits per heavy atom. The van der Waals surface area contributed by atoms with Crippen LogP contribution in [0.25, 0.3) is 0 Å². The normalized spacial score (nSPS) is 17.6. The van der Waals surface area contributed by atoms with Gasteiger partial charge < -0.3 is 4.74 Å². The highest BCUT2D eigenvalue weighted by molar-refractivity contribution is 5.85. The SMILES string of the molecule is CCOC(=O)CN1CCCCC1.Cl. The molecule has 0 aliphatic carbocycles. The van der Waals surface area contributed by atoms with E-state index in [1.54, 1.807) is 0 Å². The van der Waals surface area contributed by atoms with Gasteiger partial charge in [-0.05, 0) is 32.9 Å². The summed E-state index contributed by atoms with van der Waals surface area (Å²) >= 11 is 0. The number of piperidine rings is 1. The Kier molecular flexibility index (Phi) is 7.00. The van der Waals surface area contributed by atoms with Crippen LogP contribution in [0.1, 0.15) is 26.2 Å². The van der Waals surface area contributed by atoms with Gasteiger partial charge in [-0.3, -0.25) is 9.69 Å². The molecule has 13 heavy (non-hydrogen) atoms. The highest BCUT2D eigenvalue weighted by atomic mass is 35.5. The fourth-order valence-corrected chi connectivity index (χ4v) is 1.51. The first-order valence-electron chi connectivity index (χ1n) is 4.71. The zero-order valence-electron chi connectivity index (χ0n) is 8.12. The Morgan fingerprint density at radius 3 is 2.46 bits per heavy atom.